The number of thioether (sulfide) groups is 1. The molecule has 1 saturated heterocycles. The van der Waals surface area contributed by atoms with E-state index in [1.807, 2.05) is 0 Å². The lowest BCUT2D eigenvalue weighted by Gasteiger charge is -2.42. The first-order valence-corrected chi connectivity index (χ1v) is 14.6. The van der Waals surface area contributed by atoms with Gasteiger partial charge in [-0.1, -0.05) is 12.1 Å². The molecule has 1 spiro atoms. The summed E-state index contributed by atoms with van der Waals surface area (Å²) in [5.74, 6) is 2.13. The van der Waals surface area contributed by atoms with Crippen LogP contribution < -0.4 is 10.2 Å². The number of piperidine rings is 1. The van der Waals surface area contributed by atoms with Crippen molar-refractivity contribution in [2.45, 2.75) is 77.1 Å². The first-order chi connectivity index (χ1) is 17.2. The second-order valence-corrected chi connectivity index (χ2v) is 13.1. The van der Waals surface area contributed by atoms with Gasteiger partial charge in [-0.15, -0.1) is 0 Å². The van der Waals surface area contributed by atoms with Gasteiger partial charge in [-0.25, -0.2) is 4.98 Å². The summed E-state index contributed by atoms with van der Waals surface area (Å²) >= 11 is -0.0872. The highest BCUT2D eigenvalue weighted by Gasteiger charge is 2.55. The minimum Gasteiger partial charge on any atom is -0.394 e. The van der Waals surface area contributed by atoms with Crippen LogP contribution in [0.25, 0.3) is 0 Å². The maximum atomic E-state index is 13.1. The summed E-state index contributed by atoms with van der Waals surface area (Å²) < 4.78 is 51.0. The highest BCUT2D eigenvalue weighted by atomic mass is 32.2. The zero-order chi connectivity index (χ0) is 25.1. The SMILES string of the molecule is O=S1CC2(CC2)c2nc(N3CCC(c4ccc(SC(F)(F)F)cc4)CC3)nc(NC3(CO)CCC3)c21. The number of benzene rings is 1. The third-order valence-corrected chi connectivity index (χ3v) is 10.6. The molecule has 1 atom stereocenters. The molecule has 6 nitrogen and oxygen atoms in total. The van der Waals surface area contributed by atoms with Gasteiger partial charge in [-0.05, 0) is 80.3 Å². The molecule has 2 aliphatic heterocycles. The Morgan fingerprint density at radius 2 is 1.81 bits per heavy atom. The monoisotopic (exact) mass is 538 g/mol. The van der Waals surface area contributed by atoms with Gasteiger partial charge in [0.25, 0.3) is 0 Å². The van der Waals surface area contributed by atoms with Gasteiger partial charge in [0, 0.05) is 29.2 Å². The summed E-state index contributed by atoms with van der Waals surface area (Å²) in [5, 5.41) is 13.5. The summed E-state index contributed by atoms with van der Waals surface area (Å²) in [6.07, 6.45) is 6.47. The van der Waals surface area contributed by atoms with E-state index in [0.29, 0.717) is 17.5 Å². The van der Waals surface area contributed by atoms with E-state index < -0.39 is 21.8 Å². The normalized spacial score (nSPS) is 24.4. The number of hydrogen-bond acceptors (Lipinski definition) is 7. The van der Waals surface area contributed by atoms with Crippen LogP contribution in [0.4, 0.5) is 24.9 Å². The molecule has 3 fully saturated rings. The lowest BCUT2D eigenvalue weighted by atomic mass is 9.77. The van der Waals surface area contributed by atoms with Crippen LogP contribution in [0, 0.1) is 0 Å². The second kappa shape index (κ2) is 8.87. The molecule has 0 bridgehead atoms. The summed E-state index contributed by atoms with van der Waals surface area (Å²) in [5.41, 5.74) is -2.79. The number of anilines is 2. The Morgan fingerprint density at radius 3 is 2.36 bits per heavy atom. The predicted octanol–water partition coefficient (Wildman–Crippen LogP) is 4.95. The Hall–Kier alpha value is -1.85. The topological polar surface area (TPSA) is 78.4 Å². The fourth-order valence-corrected chi connectivity index (χ4v) is 8.10. The minimum atomic E-state index is -4.28. The quantitative estimate of drug-likeness (QED) is 0.504. The zero-order valence-electron chi connectivity index (χ0n) is 19.8. The number of fused-ring (bicyclic) bond motifs is 2. The van der Waals surface area contributed by atoms with E-state index in [9.17, 15) is 22.5 Å². The van der Waals surface area contributed by atoms with Gasteiger partial charge in [0.1, 0.15) is 10.7 Å². The Kier molecular flexibility index (Phi) is 6.03. The summed E-state index contributed by atoms with van der Waals surface area (Å²) in [4.78, 5) is 12.9. The van der Waals surface area contributed by atoms with Crippen molar-refractivity contribution < 1.29 is 22.5 Å². The lowest BCUT2D eigenvalue weighted by Crippen LogP contribution is -2.49. The molecule has 0 radical (unpaired) electrons. The van der Waals surface area contributed by atoms with E-state index in [-0.39, 0.29) is 34.6 Å². The predicted molar refractivity (Wildman–Crippen MR) is 134 cm³/mol. The Morgan fingerprint density at radius 1 is 1.11 bits per heavy atom. The average Bonchev–Trinajstić information content (AvgIpc) is 3.54. The van der Waals surface area contributed by atoms with Gasteiger partial charge in [0.05, 0.1) is 28.6 Å². The van der Waals surface area contributed by atoms with Crippen molar-refractivity contribution in [3.63, 3.8) is 0 Å². The molecule has 6 rings (SSSR count). The van der Waals surface area contributed by atoms with E-state index in [2.05, 4.69) is 10.2 Å². The van der Waals surface area contributed by atoms with Gasteiger partial charge in [-0.3, -0.25) is 4.21 Å². The number of rotatable bonds is 6. The van der Waals surface area contributed by atoms with Gasteiger partial charge in [0.15, 0.2) is 0 Å². The van der Waals surface area contributed by atoms with E-state index in [1.54, 1.807) is 24.3 Å². The van der Waals surface area contributed by atoms with Crippen LogP contribution in [0.3, 0.4) is 0 Å². The number of aliphatic hydroxyl groups excluding tert-OH is 1. The molecule has 4 aliphatic rings. The molecule has 0 amide bonds. The number of hydrogen-bond donors (Lipinski definition) is 2. The summed E-state index contributed by atoms with van der Waals surface area (Å²) in [7, 11) is -1.14. The molecule has 3 heterocycles. The number of aromatic nitrogens is 2. The molecule has 36 heavy (non-hydrogen) atoms. The van der Waals surface area contributed by atoms with Crippen molar-refractivity contribution >= 4 is 34.3 Å². The van der Waals surface area contributed by atoms with E-state index in [1.165, 1.54) is 0 Å². The molecule has 11 heteroatoms. The van der Waals surface area contributed by atoms with Gasteiger partial charge >= 0.3 is 5.51 Å². The van der Waals surface area contributed by atoms with Crippen LogP contribution in [0.2, 0.25) is 0 Å². The number of halogens is 3. The molecule has 1 aromatic heterocycles. The van der Waals surface area contributed by atoms with Crippen molar-refractivity contribution in [1.29, 1.82) is 0 Å². The van der Waals surface area contributed by atoms with Crippen LogP contribution in [-0.4, -0.2) is 55.8 Å². The molecular formula is C25H29F3N4O2S2. The van der Waals surface area contributed by atoms with Crippen molar-refractivity contribution in [3.05, 3.63) is 35.5 Å². The van der Waals surface area contributed by atoms with E-state index in [4.69, 9.17) is 9.97 Å². The first kappa shape index (κ1) is 24.5. The Balaban J connectivity index is 1.21. The van der Waals surface area contributed by atoms with Gasteiger partial charge < -0.3 is 15.3 Å². The molecule has 2 aromatic rings. The first-order valence-electron chi connectivity index (χ1n) is 12.5. The van der Waals surface area contributed by atoms with Crippen LogP contribution >= 0.6 is 11.8 Å². The van der Waals surface area contributed by atoms with Crippen LogP contribution in [-0.2, 0) is 16.2 Å². The zero-order valence-corrected chi connectivity index (χ0v) is 21.4. The maximum Gasteiger partial charge on any atom is 0.446 e. The Bertz CT molecular complexity index is 1170. The molecule has 2 saturated carbocycles. The molecule has 2 N–H and O–H groups in total. The van der Waals surface area contributed by atoms with Crippen LogP contribution in [0.1, 0.15) is 62.1 Å². The lowest BCUT2D eigenvalue weighted by molar-refractivity contribution is -0.0328. The van der Waals surface area contributed by atoms with Crippen LogP contribution in [0.15, 0.2) is 34.1 Å². The highest BCUT2D eigenvalue weighted by Crippen LogP contribution is 2.56. The minimum absolute atomic E-state index is 0.0184. The van der Waals surface area contributed by atoms with Gasteiger partial charge in [-0.2, -0.15) is 18.2 Å². The van der Waals surface area contributed by atoms with Gasteiger partial charge in [0.2, 0.25) is 5.95 Å². The average molecular weight is 539 g/mol. The van der Waals surface area contributed by atoms with Crippen LogP contribution in [0.5, 0.6) is 0 Å². The number of nitrogens with zero attached hydrogens (tertiary/aromatic N) is 3. The van der Waals surface area contributed by atoms with Crippen molar-refractivity contribution in [2.24, 2.45) is 0 Å². The Labute approximate surface area is 214 Å². The smallest absolute Gasteiger partial charge is 0.394 e. The number of nitrogens with one attached hydrogen (secondary N) is 1. The van der Waals surface area contributed by atoms with E-state index in [0.717, 1.165) is 74.2 Å². The highest BCUT2D eigenvalue weighted by molar-refractivity contribution is 8.00. The standard InChI is InChI=1S/C25H29F3N4O2S2/c26-25(27,28)35-18-4-2-16(3-5-18)17-6-12-32(13-7-17)22-29-20-19(36(34)15-23(20)10-11-23)21(30-22)31-24(14-33)8-1-9-24/h2-5,17,33H,1,6-15H2,(H,29,30,31). The maximum absolute atomic E-state index is 13.1. The third-order valence-electron chi connectivity index (χ3n) is 8.20. The largest absolute Gasteiger partial charge is 0.446 e. The van der Waals surface area contributed by atoms with Crippen molar-refractivity contribution in [2.75, 3.05) is 35.7 Å². The molecule has 194 valence electrons. The van der Waals surface area contributed by atoms with Crippen molar-refractivity contribution in [1.82, 2.24) is 9.97 Å². The molecule has 1 unspecified atom stereocenters. The van der Waals surface area contributed by atoms with E-state index >= 15 is 0 Å². The second-order valence-electron chi connectivity index (χ2n) is 10.6. The van der Waals surface area contributed by atoms with Crippen molar-refractivity contribution in [3.8, 4) is 0 Å². The number of alkyl halides is 3. The third kappa shape index (κ3) is 4.51. The fraction of sp³-hybridized carbons (Fsp3) is 0.600. The fourth-order valence-electron chi connectivity index (χ4n) is 5.70. The molecule has 2 aliphatic carbocycles. The summed E-state index contributed by atoms with van der Waals surface area (Å²) in [6.45, 7) is 1.50. The molecule has 1 aromatic carbocycles. The summed E-state index contributed by atoms with van der Waals surface area (Å²) in [6, 6.07) is 6.71. The number of aliphatic hydroxyl groups is 1. The molecular weight excluding hydrogens is 509 g/mol.